The van der Waals surface area contributed by atoms with Gasteiger partial charge in [-0.15, -0.1) is 11.8 Å². The maximum atomic E-state index is 13.3. The van der Waals surface area contributed by atoms with Gasteiger partial charge in [-0.1, -0.05) is 66.7 Å². The summed E-state index contributed by atoms with van der Waals surface area (Å²) in [7, 11) is 3.28. The van der Waals surface area contributed by atoms with Gasteiger partial charge in [-0.25, -0.2) is 0 Å². The first kappa shape index (κ1) is 22.3. The topological polar surface area (TPSA) is 38.8 Å². The second-order valence-electron chi connectivity index (χ2n) is 7.87. The number of thioether (sulfide) groups is 1. The molecule has 1 atom stereocenters. The van der Waals surface area contributed by atoms with Crippen LogP contribution in [0, 0.1) is 0 Å². The third-order valence-corrected chi connectivity index (χ3v) is 7.23. The van der Waals surface area contributed by atoms with Crippen molar-refractivity contribution in [1.29, 1.82) is 0 Å². The number of carbonyl (C=O) groups is 1. The fourth-order valence-corrected chi connectivity index (χ4v) is 5.52. The Labute approximate surface area is 194 Å². The molecule has 1 fully saturated rings. The van der Waals surface area contributed by atoms with E-state index in [0.717, 1.165) is 24.9 Å². The number of benzene rings is 3. The van der Waals surface area contributed by atoms with Crippen molar-refractivity contribution < 1.29 is 14.3 Å². The Kier molecular flexibility index (Phi) is 7.38. The normalized spacial score (nSPS) is 15.7. The van der Waals surface area contributed by atoms with E-state index < -0.39 is 0 Å². The van der Waals surface area contributed by atoms with E-state index >= 15 is 0 Å². The molecule has 0 aliphatic carbocycles. The van der Waals surface area contributed by atoms with Crippen molar-refractivity contribution in [2.45, 2.75) is 24.1 Å². The van der Waals surface area contributed by atoms with Crippen LogP contribution >= 0.6 is 11.8 Å². The highest BCUT2D eigenvalue weighted by Gasteiger charge is 2.31. The van der Waals surface area contributed by atoms with Crippen LogP contribution in [0.2, 0.25) is 0 Å². The van der Waals surface area contributed by atoms with E-state index in [1.165, 1.54) is 11.1 Å². The lowest BCUT2D eigenvalue weighted by molar-refractivity contribution is -0.129. The van der Waals surface area contributed by atoms with Crippen molar-refractivity contribution in [3.05, 3.63) is 95.6 Å². The zero-order chi connectivity index (χ0) is 22.3. The van der Waals surface area contributed by atoms with Crippen LogP contribution in [-0.4, -0.2) is 37.3 Å². The molecule has 3 aromatic rings. The number of rotatable bonds is 8. The van der Waals surface area contributed by atoms with Crippen LogP contribution in [0.1, 0.15) is 40.8 Å². The molecule has 1 aliphatic rings. The number of methoxy groups -OCH3 is 2. The molecule has 4 nitrogen and oxygen atoms in total. The summed E-state index contributed by atoms with van der Waals surface area (Å²) >= 11 is 1.70. The maximum absolute atomic E-state index is 13.3. The van der Waals surface area contributed by atoms with E-state index in [1.54, 1.807) is 26.0 Å². The van der Waals surface area contributed by atoms with Crippen molar-refractivity contribution in [2.24, 2.45) is 0 Å². The summed E-state index contributed by atoms with van der Waals surface area (Å²) in [6, 6.07) is 26.9. The quantitative estimate of drug-likeness (QED) is 0.432. The molecule has 32 heavy (non-hydrogen) atoms. The minimum Gasteiger partial charge on any atom is -0.493 e. The van der Waals surface area contributed by atoms with Gasteiger partial charge >= 0.3 is 0 Å². The molecule has 0 spiro atoms. The van der Waals surface area contributed by atoms with Gasteiger partial charge in [0.2, 0.25) is 5.91 Å². The molecule has 3 aromatic carbocycles. The number of likely N-dealkylation sites (tertiary alicyclic amines) is 1. The highest BCUT2D eigenvalue weighted by Crippen LogP contribution is 2.39. The molecule has 1 saturated heterocycles. The van der Waals surface area contributed by atoms with Crippen LogP contribution < -0.4 is 9.47 Å². The van der Waals surface area contributed by atoms with Gasteiger partial charge < -0.3 is 14.4 Å². The summed E-state index contributed by atoms with van der Waals surface area (Å²) < 4.78 is 10.8. The predicted octanol–water partition coefficient (Wildman–Crippen LogP) is 5.89. The summed E-state index contributed by atoms with van der Waals surface area (Å²) in [5, 5.41) is 0.128. The Hall–Kier alpha value is -2.92. The largest absolute Gasteiger partial charge is 0.493 e. The summed E-state index contributed by atoms with van der Waals surface area (Å²) in [6.45, 7) is 0.791. The predicted molar refractivity (Wildman–Crippen MR) is 130 cm³/mol. The molecule has 0 bridgehead atoms. The molecular formula is C27H29NO3S. The first-order valence-corrected chi connectivity index (χ1v) is 12.0. The van der Waals surface area contributed by atoms with Crippen LogP contribution in [0.4, 0.5) is 0 Å². The Morgan fingerprint density at radius 1 is 0.938 bits per heavy atom. The van der Waals surface area contributed by atoms with E-state index in [-0.39, 0.29) is 17.2 Å². The van der Waals surface area contributed by atoms with Gasteiger partial charge in [-0.2, -0.15) is 0 Å². The smallest absolute Gasteiger partial charge is 0.233 e. The average molecular weight is 448 g/mol. The lowest BCUT2D eigenvalue weighted by Crippen LogP contribution is -2.32. The van der Waals surface area contributed by atoms with Gasteiger partial charge in [0.25, 0.3) is 0 Å². The fourth-order valence-electron chi connectivity index (χ4n) is 4.35. The summed E-state index contributed by atoms with van der Waals surface area (Å²) in [5.74, 6) is 2.03. The molecule has 0 N–H and O–H groups in total. The summed E-state index contributed by atoms with van der Waals surface area (Å²) in [4.78, 5) is 15.4. The maximum Gasteiger partial charge on any atom is 0.233 e. The highest BCUT2D eigenvalue weighted by molar-refractivity contribution is 8.00. The third kappa shape index (κ3) is 4.94. The minimum atomic E-state index is 0.0785. The summed E-state index contributed by atoms with van der Waals surface area (Å²) in [6.07, 6.45) is 1.98. The molecule has 0 saturated carbocycles. The molecule has 4 rings (SSSR count). The summed E-state index contributed by atoms with van der Waals surface area (Å²) in [5.41, 5.74) is 3.53. The Balaban J connectivity index is 1.50. The van der Waals surface area contributed by atoms with Crippen LogP contribution in [0.3, 0.4) is 0 Å². The second kappa shape index (κ2) is 10.6. The van der Waals surface area contributed by atoms with Gasteiger partial charge in [0.1, 0.15) is 0 Å². The lowest BCUT2D eigenvalue weighted by atomic mass is 10.0. The molecule has 5 heteroatoms. The number of amides is 1. The molecule has 166 valence electrons. The zero-order valence-corrected chi connectivity index (χ0v) is 19.4. The molecular weight excluding hydrogens is 418 g/mol. The molecule has 0 radical (unpaired) electrons. The van der Waals surface area contributed by atoms with Crippen LogP contribution in [0.5, 0.6) is 11.5 Å². The van der Waals surface area contributed by atoms with E-state index in [0.29, 0.717) is 17.3 Å². The van der Waals surface area contributed by atoms with Crippen molar-refractivity contribution in [2.75, 3.05) is 26.5 Å². The average Bonchev–Trinajstić information content (AvgIpc) is 3.35. The monoisotopic (exact) mass is 447 g/mol. The second-order valence-corrected chi connectivity index (χ2v) is 8.97. The van der Waals surface area contributed by atoms with E-state index in [4.69, 9.17) is 9.47 Å². The SMILES string of the molecule is COc1ccc([C@@H]2CCCN2C(=O)CSC(c2ccccc2)c2ccccc2)cc1OC. The van der Waals surface area contributed by atoms with Gasteiger partial charge in [0, 0.05) is 6.54 Å². The molecule has 1 heterocycles. The standard InChI is InChI=1S/C27H29NO3S/c1-30-24-16-15-22(18-25(24)31-2)23-14-9-17-28(23)26(29)19-32-27(20-10-5-3-6-11-20)21-12-7-4-8-13-21/h3-8,10-13,15-16,18,23,27H,9,14,17,19H2,1-2H3/t23-/m0/s1. The number of hydrogen-bond donors (Lipinski definition) is 0. The third-order valence-electron chi connectivity index (χ3n) is 5.94. The van der Waals surface area contributed by atoms with Gasteiger partial charge in [0.15, 0.2) is 11.5 Å². The highest BCUT2D eigenvalue weighted by atomic mass is 32.2. The van der Waals surface area contributed by atoms with Crippen molar-refractivity contribution in [3.8, 4) is 11.5 Å². The van der Waals surface area contributed by atoms with Crippen LogP contribution in [-0.2, 0) is 4.79 Å². The number of carbonyl (C=O) groups excluding carboxylic acids is 1. The molecule has 1 amide bonds. The molecule has 0 unspecified atom stereocenters. The Morgan fingerprint density at radius 3 is 2.16 bits per heavy atom. The number of hydrogen-bond acceptors (Lipinski definition) is 4. The van der Waals surface area contributed by atoms with Crippen LogP contribution in [0.15, 0.2) is 78.9 Å². The Morgan fingerprint density at radius 2 is 1.56 bits per heavy atom. The number of nitrogens with zero attached hydrogens (tertiary/aromatic N) is 1. The fraction of sp³-hybridized carbons (Fsp3) is 0.296. The van der Waals surface area contributed by atoms with Crippen LogP contribution in [0.25, 0.3) is 0 Å². The van der Waals surface area contributed by atoms with Crippen molar-refractivity contribution in [1.82, 2.24) is 4.90 Å². The first-order chi connectivity index (χ1) is 15.7. The van der Waals surface area contributed by atoms with Crippen molar-refractivity contribution >= 4 is 17.7 Å². The van der Waals surface area contributed by atoms with Gasteiger partial charge in [0.05, 0.1) is 31.3 Å². The van der Waals surface area contributed by atoms with E-state index in [9.17, 15) is 4.79 Å². The lowest BCUT2D eigenvalue weighted by Gasteiger charge is -2.27. The van der Waals surface area contributed by atoms with Crippen molar-refractivity contribution in [3.63, 3.8) is 0 Å². The van der Waals surface area contributed by atoms with Gasteiger partial charge in [-0.3, -0.25) is 4.79 Å². The zero-order valence-electron chi connectivity index (χ0n) is 18.6. The van der Waals surface area contributed by atoms with E-state index in [1.807, 2.05) is 35.2 Å². The number of ether oxygens (including phenoxy) is 2. The molecule has 1 aliphatic heterocycles. The van der Waals surface area contributed by atoms with Gasteiger partial charge in [-0.05, 0) is 41.7 Å². The minimum absolute atomic E-state index is 0.0785. The first-order valence-electron chi connectivity index (χ1n) is 10.9. The molecule has 0 aromatic heterocycles. The Bertz CT molecular complexity index is 986. The van der Waals surface area contributed by atoms with E-state index in [2.05, 4.69) is 48.5 Å².